The van der Waals surface area contributed by atoms with Crippen LogP contribution >= 0.6 is 22.9 Å². The number of likely N-dealkylation sites (tertiary alicyclic amines) is 1. The third-order valence-electron chi connectivity index (χ3n) is 4.72. The minimum atomic E-state index is -0.238. The smallest absolute Gasteiger partial charge is 0.265 e. The first-order valence-corrected chi connectivity index (χ1v) is 9.90. The molecule has 26 heavy (non-hydrogen) atoms. The average molecular weight is 392 g/mol. The molecule has 0 radical (unpaired) electrons. The molecule has 2 amide bonds. The number of nitrogens with two attached hydrogens (primary N) is 1. The highest BCUT2D eigenvalue weighted by atomic mass is 35.5. The molecule has 2 heterocycles. The molecule has 1 fully saturated rings. The van der Waals surface area contributed by atoms with Crippen LogP contribution in [-0.4, -0.2) is 35.8 Å². The van der Waals surface area contributed by atoms with E-state index in [-0.39, 0.29) is 17.9 Å². The number of thiophene rings is 1. The second-order valence-electron chi connectivity index (χ2n) is 6.64. The first kappa shape index (κ1) is 18.9. The molecule has 2 aromatic rings. The third kappa shape index (κ3) is 4.09. The fourth-order valence-electron chi connectivity index (χ4n) is 3.25. The van der Waals surface area contributed by atoms with Crippen molar-refractivity contribution < 1.29 is 9.59 Å². The normalized spacial score (nSPS) is 20.0. The number of nitrogens with zero attached hydrogens (tertiary/aromatic N) is 1. The molecule has 3 N–H and O–H groups in total. The molecular weight excluding hydrogens is 370 g/mol. The van der Waals surface area contributed by atoms with Crippen LogP contribution in [0.4, 0.5) is 5.69 Å². The van der Waals surface area contributed by atoms with Crippen molar-refractivity contribution in [1.29, 1.82) is 0 Å². The van der Waals surface area contributed by atoms with Crippen molar-refractivity contribution in [2.75, 3.05) is 18.4 Å². The van der Waals surface area contributed by atoms with Gasteiger partial charge in [-0.1, -0.05) is 24.6 Å². The van der Waals surface area contributed by atoms with Crippen LogP contribution in [0.3, 0.4) is 0 Å². The van der Waals surface area contributed by atoms with Crippen molar-refractivity contribution in [3.63, 3.8) is 0 Å². The Morgan fingerprint density at radius 3 is 2.88 bits per heavy atom. The maximum atomic E-state index is 13.0. The summed E-state index contributed by atoms with van der Waals surface area (Å²) < 4.78 is 0. The molecule has 1 aliphatic heterocycles. The summed E-state index contributed by atoms with van der Waals surface area (Å²) in [4.78, 5) is 27.7. The van der Waals surface area contributed by atoms with Gasteiger partial charge in [0.15, 0.2) is 0 Å². The molecule has 3 rings (SSSR count). The van der Waals surface area contributed by atoms with Gasteiger partial charge < -0.3 is 16.0 Å². The lowest BCUT2D eigenvalue weighted by molar-refractivity contribution is 0.0573. The lowest BCUT2D eigenvalue weighted by Gasteiger charge is -2.38. The summed E-state index contributed by atoms with van der Waals surface area (Å²) in [5.74, 6) is 0.257. The fraction of sp³-hybridized carbons (Fsp3) is 0.368. The summed E-state index contributed by atoms with van der Waals surface area (Å²) in [6.45, 7) is 3.33. The number of amides is 2. The minimum Gasteiger partial charge on any atom is -0.334 e. The van der Waals surface area contributed by atoms with E-state index in [1.807, 2.05) is 16.3 Å². The average Bonchev–Trinajstić information content (AvgIpc) is 3.17. The number of rotatable bonds is 4. The summed E-state index contributed by atoms with van der Waals surface area (Å²) in [6, 6.07) is 8.57. The van der Waals surface area contributed by atoms with E-state index in [0.717, 1.165) is 12.8 Å². The Morgan fingerprint density at radius 2 is 2.19 bits per heavy atom. The highest BCUT2D eigenvalue weighted by molar-refractivity contribution is 7.12. The molecule has 0 bridgehead atoms. The molecule has 2 unspecified atom stereocenters. The molecule has 1 aliphatic rings. The van der Waals surface area contributed by atoms with Gasteiger partial charge in [0.1, 0.15) is 0 Å². The van der Waals surface area contributed by atoms with E-state index < -0.39 is 0 Å². The Morgan fingerprint density at radius 1 is 1.38 bits per heavy atom. The first-order valence-electron chi connectivity index (χ1n) is 8.65. The first-order chi connectivity index (χ1) is 12.5. The Kier molecular flexibility index (Phi) is 5.96. The standard InChI is InChI=1S/C19H22ClN3O2S/c1-12-6-7-23(14(9-12)11-21)19(25)13-4-5-15(20)16(10-13)22-18(24)17-3-2-8-26-17/h2-5,8,10,12,14H,6-7,9,11,21H2,1H3,(H,22,24). The van der Waals surface area contributed by atoms with Gasteiger partial charge in [0.05, 0.1) is 15.6 Å². The highest BCUT2D eigenvalue weighted by Gasteiger charge is 2.29. The number of hydrogen-bond donors (Lipinski definition) is 2. The molecule has 1 saturated heterocycles. The predicted molar refractivity (Wildman–Crippen MR) is 106 cm³/mol. The Balaban J connectivity index is 1.80. The monoisotopic (exact) mass is 391 g/mol. The molecule has 0 spiro atoms. The number of nitrogens with one attached hydrogen (secondary N) is 1. The van der Waals surface area contributed by atoms with Gasteiger partial charge in [-0.3, -0.25) is 9.59 Å². The molecule has 1 aromatic carbocycles. The molecule has 5 nitrogen and oxygen atoms in total. The van der Waals surface area contributed by atoms with Crippen LogP contribution in [0.25, 0.3) is 0 Å². The molecular formula is C19H22ClN3O2S. The quantitative estimate of drug-likeness (QED) is 0.831. The van der Waals surface area contributed by atoms with Crippen LogP contribution < -0.4 is 11.1 Å². The van der Waals surface area contributed by atoms with Crippen LogP contribution in [0.15, 0.2) is 35.7 Å². The summed E-state index contributed by atoms with van der Waals surface area (Å²) in [5.41, 5.74) is 6.81. The van der Waals surface area contributed by atoms with E-state index in [1.54, 1.807) is 24.3 Å². The van der Waals surface area contributed by atoms with Crippen LogP contribution in [0.5, 0.6) is 0 Å². The van der Waals surface area contributed by atoms with Crippen molar-refractivity contribution in [3.8, 4) is 0 Å². The number of carbonyl (C=O) groups excluding carboxylic acids is 2. The molecule has 1 aromatic heterocycles. The maximum absolute atomic E-state index is 13.0. The zero-order valence-electron chi connectivity index (χ0n) is 14.6. The number of benzene rings is 1. The SMILES string of the molecule is CC1CCN(C(=O)c2ccc(Cl)c(NC(=O)c3cccs3)c2)C(CN)C1. The topological polar surface area (TPSA) is 75.4 Å². The zero-order valence-corrected chi connectivity index (χ0v) is 16.1. The van der Waals surface area contributed by atoms with Gasteiger partial charge in [0.25, 0.3) is 11.8 Å². The second-order valence-corrected chi connectivity index (χ2v) is 8.00. The Hall–Kier alpha value is -1.89. The summed E-state index contributed by atoms with van der Waals surface area (Å²) >= 11 is 7.56. The summed E-state index contributed by atoms with van der Waals surface area (Å²) in [6.07, 6.45) is 1.88. The fourth-order valence-corrected chi connectivity index (χ4v) is 4.04. The van der Waals surface area contributed by atoms with E-state index in [4.69, 9.17) is 17.3 Å². The van der Waals surface area contributed by atoms with E-state index in [0.29, 0.717) is 40.2 Å². The largest absolute Gasteiger partial charge is 0.334 e. The molecule has 0 saturated carbocycles. The van der Waals surface area contributed by atoms with Crippen molar-refractivity contribution >= 4 is 40.4 Å². The van der Waals surface area contributed by atoms with Crippen LogP contribution in [0, 0.1) is 5.92 Å². The van der Waals surface area contributed by atoms with Gasteiger partial charge in [-0.15, -0.1) is 11.3 Å². The molecule has 2 atom stereocenters. The van der Waals surface area contributed by atoms with Gasteiger partial charge in [-0.25, -0.2) is 0 Å². The van der Waals surface area contributed by atoms with Crippen molar-refractivity contribution in [1.82, 2.24) is 4.90 Å². The number of hydrogen-bond acceptors (Lipinski definition) is 4. The predicted octanol–water partition coefficient (Wildman–Crippen LogP) is 3.85. The third-order valence-corrected chi connectivity index (χ3v) is 5.92. The van der Waals surface area contributed by atoms with E-state index in [1.165, 1.54) is 11.3 Å². The van der Waals surface area contributed by atoms with Crippen molar-refractivity contribution in [2.45, 2.75) is 25.8 Å². The van der Waals surface area contributed by atoms with Crippen LogP contribution in [0.2, 0.25) is 5.02 Å². The van der Waals surface area contributed by atoms with Gasteiger partial charge in [0, 0.05) is 24.7 Å². The summed E-state index contributed by atoms with van der Waals surface area (Å²) in [7, 11) is 0. The van der Waals surface area contributed by atoms with E-state index >= 15 is 0 Å². The van der Waals surface area contributed by atoms with Crippen molar-refractivity contribution in [3.05, 3.63) is 51.2 Å². The van der Waals surface area contributed by atoms with Crippen LogP contribution in [0.1, 0.15) is 39.8 Å². The Bertz CT molecular complexity index is 794. The second kappa shape index (κ2) is 8.20. The summed E-state index contributed by atoms with van der Waals surface area (Å²) in [5, 5.41) is 5.02. The van der Waals surface area contributed by atoms with Crippen molar-refractivity contribution in [2.24, 2.45) is 11.7 Å². The number of piperidine rings is 1. The zero-order chi connectivity index (χ0) is 18.7. The number of halogens is 1. The van der Waals surface area contributed by atoms with E-state index in [2.05, 4.69) is 12.2 Å². The van der Waals surface area contributed by atoms with Gasteiger partial charge in [-0.05, 0) is 48.4 Å². The van der Waals surface area contributed by atoms with Crippen LogP contribution in [-0.2, 0) is 0 Å². The van der Waals surface area contributed by atoms with Gasteiger partial charge in [-0.2, -0.15) is 0 Å². The number of anilines is 1. The molecule has 0 aliphatic carbocycles. The minimum absolute atomic E-state index is 0.0473. The molecule has 138 valence electrons. The lowest BCUT2D eigenvalue weighted by Crippen LogP contribution is -2.49. The van der Waals surface area contributed by atoms with E-state index in [9.17, 15) is 9.59 Å². The van der Waals surface area contributed by atoms with Gasteiger partial charge in [0.2, 0.25) is 0 Å². The lowest BCUT2D eigenvalue weighted by atomic mass is 9.92. The Labute approximate surface area is 162 Å². The maximum Gasteiger partial charge on any atom is 0.265 e. The number of carbonyl (C=O) groups is 2. The highest BCUT2D eigenvalue weighted by Crippen LogP contribution is 2.28. The van der Waals surface area contributed by atoms with Gasteiger partial charge >= 0.3 is 0 Å². The molecule has 7 heteroatoms.